The van der Waals surface area contributed by atoms with Crippen LogP contribution in [0.3, 0.4) is 0 Å². The Morgan fingerprint density at radius 1 is 1.08 bits per heavy atom. The Morgan fingerprint density at radius 2 is 1.82 bits per heavy atom. The number of hydrogen-bond donors (Lipinski definition) is 1. The number of para-hydroxylation sites is 1. The molecule has 2 atom stereocenters. The molecule has 2 aliphatic rings. The van der Waals surface area contributed by atoms with Crippen LogP contribution in [0.25, 0.3) is 0 Å². The normalized spacial score (nSPS) is 17.9. The molecule has 2 aromatic rings. The molecule has 2 fully saturated rings. The molecule has 0 bridgehead atoms. The summed E-state index contributed by atoms with van der Waals surface area (Å²) in [5.74, 6) is 0.112. The van der Waals surface area contributed by atoms with Crippen LogP contribution in [-0.4, -0.2) is 67.4 Å². The van der Waals surface area contributed by atoms with E-state index < -0.39 is 6.04 Å². The average Bonchev–Trinajstić information content (AvgIpc) is 3.31. The maximum absolute atomic E-state index is 15.2. The topological polar surface area (TPSA) is 55.9 Å². The van der Waals surface area contributed by atoms with E-state index >= 15 is 4.39 Å². The number of carbonyl (C=O) groups excluding carboxylic acids is 2. The van der Waals surface area contributed by atoms with Crippen LogP contribution >= 0.6 is 23.2 Å². The van der Waals surface area contributed by atoms with E-state index in [-0.39, 0.29) is 23.7 Å². The monoisotopic (exact) mass is 562 g/mol. The molecule has 0 spiro atoms. The largest absolute Gasteiger partial charge is 0.365 e. The summed E-state index contributed by atoms with van der Waals surface area (Å²) in [6.45, 7) is 6.81. The van der Waals surface area contributed by atoms with E-state index in [1.807, 2.05) is 24.1 Å². The molecule has 0 aliphatic carbocycles. The second kappa shape index (κ2) is 12.7. The lowest BCUT2D eigenvalue weighted by molar-refractivity contribution is -0.143. The van der Waals surface area contributed by atoms with Crippen LogP contribution in [0.1, 0.15) is 50.3 Å². The van der Waals surface area contributed by atoms with Crippen molar-refractivity contribution < 1.29 is 14.0 Å². The first-order chi connectivity index (χ1) is 18.2. The number of nitrogens with one attached hydrogen (secondary N) is 1. The van der Waals surface area contributed by atoms with Gasteiger partial charge in [0.25, 0.3) is 0 Å². The van der Waals surface area contributed by atoms with Crippen LogP contribution in [0, 0.1) is 11.7 Å². The summed E-state index contributed by atoms with van der Waals surface area (Å²) in [6, 6.07) is 9.89. The Labute approximate surface area is 235 Å². The van der Waals surface area contributed by atoms with Gasteiger partial charge >= 0.3 is 0 Å². The second-order valence-electron chi connectivity index (χ2n) is 10.6. The van der Waals surface area contributed by atoms with Crippen LogP contribution < -0.4 is 10.2 Å². The van der Waals surface area contributed by atoms with Crippen LogP contribution in [0.4, 0.5) is 10.1 Å². The molecule has 2 amide bonds. The summed E-state index contributed by atoms with van der Waals surface area (Å²) in [7, 11) is 1.91. The number of rotatable bonds is 9. The van der Waals surface area contributed by atoms with Gasteiger partial charge in [0, 0.05) is 61.7 Å². The summed E-state index contributed by atoms with van der Waals surface area (Å²) in [5.41, 5.74) is 2.34. The fourth-order valence-electron chi connectivity index (χ4n) is 5.60. The highest BCUT2D eigenvalue weighted by Gasteiger charge is 2.37. The minimum absolute atomic E-state index is 0.00803. The Kier molecular flexibility index (Phi) is 9.55. The molecule has 2 aliphatic heterocycles. The number of likely N-dealkylation sites (tertiary alicyclic amines) is 1. The molecular formula is C29H37Cl2FN4O2. The molecule has 0 saturated carbocycles. The molecule has 2 unspecified atom stereocenters. The Hall–Kier alpha value is -2.35. The lowest BCUT2D eigenvalue weighted by Gasteiger charge is -2.40. The Balaban J connectivity index is 1.52. The summed E-state index contributed by atoms with van der Waals surface area (Å²) in [4.78, 5) is 32.0. The lowest BCUT2D eigenvalue weighted by Crippen LogP contribution is -2.56. The van der Waals surface area contributed by atoms with Gasteiger partial charge in [-0.1, -0.05) is 55.2 Å². The molecule has 4 rings (SSSR count). The number of halogens is 3. The third kappa shape index (κ3) is 6.44. The van der Waals surface area contributed by atoms with Crippen molar-refractivity contribution in [2.24, 2.45) is 5.92 Å². The van der Waals surface area contributed by atoms with E-state index in [1.54, 1.807) is 28.0 Å². The van der Waals surface area contributed by atoms with Gasteiger partial charge in [0.2, 0.25) is 11.8 Å². The number of carbonyl (C=O) groups is 2. The molecule has 2 aromatic carbocycles. The minimum Gasteiger partial charge on any atom is -0.365 e. The molecule has 2 saturated heterocycles. The standard InChI is InChI=1S/C29H37Cl2FN4O2/c1-19(2)16-25(33-3)22-6-4-7-24(32)28(22)34-12-14-35(15-13-34)29(38)26(36-11-5-8-27(36)37)17-20-9-10-21(30)18-23(20)31/h4,6-7,9-10,18-19,25-26,33H,5,8,11-17H2,1-3H3. The average molecular weight is 564 g/mol. The van der Waals surface area contributed by atoms with Gasteiger partial charge in [-0.05, 0) is 55.1 Å². The van der Waals surface area contributed by atoms with E-state index in [1.165, 1.54) is 6.07 Å². The minimum atomic E-state index is -0.626. The van der Waals surface area contributed by atoms with Gasteiger partial charge in [-0.2, -0.15) is 0 Å². The number of hydrogen-bond acceptors (Lipinski definition) is 4. The third-order valence-corrected chi connectivity index (χ3v) is 8.14. The Bertz CT molecular complexity index is 1150. The van der Waals surface area contributed by atoms with Crippen molar-refractivity contribution in [2.75, 3.05) is 44.7 Å². The van der Waals surface area contributed by atoms with Gasteiger partial charge in [0.1, 0.15) is 11.9 Å². The van der Waals surface area contributed by atoms with Gasteiger partial charge in [-0.3, -0.25) is 9.59 Å². The van der Waals surface area contributed by atoms with Gasteiger partial charge < -0.3 is 20.0 Å². The van der Waals surface area contributed by atoms with Gasteiger partial charge in [0.05, 0.1) is 5.69 Å². The zero-order chi connectivity index (χ0) is 27.4. The summed E-state index contributed by atoms with van der Waals surface area (Å²) >= 11 is 12.5. The van der Waals surface area contributed by atoms with E-state index in [0.29, 0.717) is 67.2 Å². The quantitative estimate of drug-likeness (QED) is 0.449. The molecule has 0 radical (unpaired) electrons. The van der Waals surface area contributed by atoms with Gasteiger partial charge in [-0.25, -0.2) is 4.39 Å². The predicted octanol–water partition coefficient (Wildman–Crippen LogP) is 5.32. The van der Waals surface area contributed by atoms with Gasteiger partial charge in [-0.15, -0.1) is 0 Å². The van der Waals surface area contributed by atoms with E-state index in [9.17, 15) is 9.59 Å². The Morgan fingerprint density at radius 3 is 2.42 bits per heavy atom. The molecular weight excluding hydrogens is 526 g/mol. The number of nitrogens with zero attached hydrogens (tertiary/aromatic N) is 3. The number of amides is 2. The predicted molar refractivity (Wildman–Crippen MR) is 151 cm³/mol. The van der Waals surface area contributed by atoms with Crippen LogP contribution in [0.2, 0.25) is 10.0 Å². The van der Waals surface area contributed by atoms with Crippen molar-refractivity contribution in [1.29, 1.82) is 0 Å². The SMILES string of the molecule is CNC(CC(C)C)c1cccc(F)c1N1CCN(C(=O)C(Cc2ccc(Cl)cc2Cl)N2CCCC2=O)CC1. The molecule has 206 valence electrons. The van der Waals surface area contributed by atoms with Crippen molar-refractivity contribution in [3.05, 3.63) is 63.4 Å². The van der Waals surface area contributed by atoms with Crippen molar-refractivity contribution in [2.45, 2.75) is 51.6 Å². The zero-order valence-corrected chi connectivity index (χ0v) is 23.9. The molecule has 2 heterocycles. The highest BCUT2D eigenvalue weighted by molar-refractivity contribution is 6.35. The number of piperazine rings is 1. The maximum atomic E-state index is 15.2. The van der Waals surface area contributed by atoms with Crippen molar-refractivity contribution in [3.8, 4) is 0 Å². The molecule has 0 aromatic heterocycles. The summed E-state index contributed by atoms with van der Waals surface area (Å²) in [6.07, 6.45) is 2.41. The highest BCUT2D eigenvalue weighted by atomic mass is 35.5. The first-order valence-corrected chi connectivity index (χ1v) is 14.2. The smallest absolute Gasteiger partial charge is 0.245 e. The van der Waals surface area contributed by atoms with Crippen LogP contribution in [0.5, 0.6) is 0 Å². The second-order valence-corrected chi connectivity index (χ2v) is 11.5. The zero-order valence-electron chi connectivity index (χ0n) is 22.4. The first-order valence-electron chi connectivity index (χ1n) is 13.4. The van der Waals surface area contributed by atoms with Crippen LogP contribution in [-0.2, 0) is 16.0 Å². The maximum Gasteiger partial charge on any atom is 0.245 e. The summed E-state index contributed by atoms with van der Waals surface area (Å²) in [5, 5.41) is 4.36. The molecule has 1 N–H and O–H groups in total. The summed E-state index contributed by atoms with van der Waals surface area (Å²) < 4.78 is 15.2. The van der Waals surface area contributed by atoms with E-state index in [0.717, 1.165) is 24.0 Å². The first kappa shape index (κ1) is 28.7. The van der Waals surface area contributed by atoms with Crippen molar-refractivity contribution in [3.63, 3.8) is 0 Å². The van der Waals surface area contributed by atoms with Gasteiger partial charge in [0.15, 0.2) is 0 Å². The molecule has 6 nitrogen and oxygen atoms in total. The molecule has 9 heteroatoms. The molecule has 38 heavy (non-hydrogen) atoms. The highest BCUT2D eigenvalue weighted by Crippen LogP contribution is 2.33. The fourth-order valence-corrected chi connectivity index (χ4v) is 6.09. The van der Waals surface area contributed by atoms with Crippen LogP contribution in [0.15, 0.2) is 36.4 Å². The lowest BCUT2D eigenvalue weighted by atomic mass is 9.95. The third-order valence-electron chi connectivity index (χ3n) is 7.56. The van der Waals surface area contributed by atoms with Crippen molar-refractivity contribution in [1.82, 2.24) is 15.1 Å². The van der Waals surface area contributed by atoms with E-state index in [2.05, 4.69) is 19.2 Å². The fraction of sp³-hybridized carbons (Fsp3) is 0.517. The van der Waals surface area contributed by atoms with E-state index in [4.69, 9.17) is 23.2 Å². The number of anilines is 1. The number of benzene rings is 2. The van der Waals surface area contributed by atoms with Crippen molar-refractivity contribution >= 4 is 40.7 Å².